The van der Waals surface area contributed by atoms with Gasteiger partial charge in [-0.2, -0.15) is 0 Å². The van der Waals surface area contributed by atoms with Crippen LogP contribution in [0.2, 0.25) is 0 Å². The van der Waals surface area contributed by atoms with E-state index in [1.165, 1.54) is 12.1 Å². The Morgan fingerprint density at radius 2 is 1.00 bits per heavy atom. The van der Waals surface area contributed by atoms with Gasteiger partial charge in [0.2, 0.25) is 0 Å². The van der Waals surface area contributed by atoms with E-state index in [1.54, 1.807) is 12.1 Å². The van der Waals surface area contributed by atoms with E-state index in [9.17, 15) is 8.96 Å². The minimum atomic E-state index is -0.882. The van der Waals surface area contributed by atoms with Gasteiger partial charge in [0.25, 0.3) is 0 Å². The maximum atomic E-state index is 12.5. The van der Waals surface area contributed by atoms with Crippen LogP contribution in [0.1, 0.15) is 0 Å². The number of benzene rings is 3. The molecule has 3 heteroatoms. The molecule has 0 aliphatic carbocycles. The molecule has 0 aliphatic heterocycles. The molecule has 0 bridgehead atoms. The zero-order valence-electron chi connectivity index (χ0n) is 11.2. The molecule has 0 saturated carbocycles. The number of anilines is 1. The molecule has 0 spiro atoms. The van der Waals surface area contributed by atoms with E-state index in [4.69, 9.17) is 0 Å². The Bertz CT molecular complexity index is 722. The Morgan fingerprint density at radius 3 is 1.52 bits per heavy atom. The maximum Gasteiger partial charge on any atom is 0.105 e. The van der Waals surface area contributed by atoms with Gasteiger partial charge in [-0.3, -0.25) is 0 Å². The Kier molecular flexibility index (Phi) is 3.65. The number of nitrogens with zero attached hydrogens (tertiary/aromatic N) is 1. The van der Waals surface area contributed by atoms with Gasteiger partial charge in [-0.1, -0.05) is 75.7 Å². The molecule has 3 aromatic carbocycles. The van der Waals surface area contributed by atoms with Gasteiger partial charge in [0.15, 0.2) is 0 Å². The van der Waals surface area contributed by atoms with Gasteiger partial charge in [0.05, 0.1) is 0 Å². The van der Waals surface area contributed by atoms with Crippen LogP contribution in [-0.2, 0) is 0 Å². The molecule has 0 aromatic heterocycles. The highest BCUT2D eigenvalue weighted by atomic mass is 19.4. The van der Waals surface area contributed by atoms with Crippen molar-refractivity contribution in [1.29, 1.82) is 0 Å². The molecule has 3 rings (SSSR count). The van der Waals surface area contributed by atoms with Crippen molar-refractivity contribution >= 4 is 5.69 Å². The van der Waals surface area contributed by atoms with Gasteiger partial charge in [0, 0.05) is 0 Å². The first kappa shape index (κ1) is 13.3. The highest BCUT2D eigenvalue weighted by Gasteiger charge is 2.08. The lowest BCUT2D eigenvalue weighted by Gasteiger charge is -2.11. The second kappa shape index (κ2) is 5.75. The van der Waals surface area contributed by atoms with Gasteiger partial charge in [-0.05, 0) is 39.7 Å². The summed E-state index contributed by atoms with van der Waals surface area (Å²) in [5, 5.41) is -0.882. The van der Waals surface area contributed by atoms with Crippen LogP contribution in [0.5, 0.6) is 0 Å². The van der Waals surface area contributed by atoms with E-state index < -0.39 is 5.34 Å². The van der Waals surface area contributed by atoms with Crippen molar-refractivity contribution < 1.29 is 8.96 Å². The number of halogens is 2. The molecular weight excluding hydrogens is 268 g/mol. The summed E-state index contributed by atoms with van der Waals surface area (Å²) >= 11 is 0. The van der Waals surface area contributed by atoms with Crippen LogP contribution in [0.3, 0.4) is 0 Å². The third-order valence-corrected chi connectivity index (χ3v) is 3.39. The fraction of sp³-hybridized carbons (Fsp3) is 0. The predicted molar refractivity (Wildman–Crippen MR) is 82.0 cm³/mol. The highest BCUT2D eigenvalue weighted by molar-refractivity contribution is 5.83. The first-order chi connectivity index (χ1) is 10.3. The van der Waals surface area contributed by atoms with Crippen molar-refractivity contribution in [2.24, 2.45) is 0 Å². The molecule has 0 N–H and O–H groups in total. The van der Waals surface area contributed by atoms with Crippen LogP contribution < -0.4 is 5.34 Å². The van der Waals surface area contributed by atoms with Crippen molar-refractivity contribution in [3.8, 4) is 22.3 Å². The fourth-order valence-corrected chi connectivity index (χ4v) is 2.36. The molecule has 0 radical (unpaired) electrons. The molecule has 3 aromatic rings. The molecule has 0 aliphatic rings. The molecule has 0 amide bonds. The number of rotatable bonds is 3. The van der Waals surface area contributed by atoms with Gasteiger partial charge in [0.1, 0.15) is 5.69 Å². The quantitative estimate of drug-likeness (QED) is 0.565. The number of hydrogen-bond acceptors (Lipinski definition) is 1. The van der Waals surface area contributed by atoms with Gasteiger partial charge >= 0.3 is 0 Å². The van der Waals surface area contributed by atoms with Crippen LogP contribution in [-0.4, -0.2) is 0 Å². The van der Waals surface area contributed by atoms with E-state index in [0.717, 1.165) is 22.3 Å². The topological polar surface area (TPSA) is 3.24 Å². The van der Waals surface area contributed by atoms with E-state index in [2.05, 4.69) is 0 Å². The van der Waals surface area contributed by atoms with Gasteiger partial charge in [-0.25, -0.2) is 0 Å². The first-order valence-corrected chi connectivity index (χ1v) is 6.62. The largest absolute Gasteiger partial charge is 0.105 e. The molecule has 0 saturated heterocycles. The summed E-state index contributed by atoms with van der Waals surface area (Å²) in [6.07, 6.45) is 0. The molecule has 1 nitrogen and oxygen atoms in total. The fourth-order valence-electron chi connectivity index (χ4n) is 2.36. The predicted octanol–water partition coefficient (Wildman–Crippen LogP) is 5.60. The first-order valence-electron chi connectivity index (χ1n) is 6.62. The normalized spacial score (nSPS) is 10.4. The third-order valence-electron chi connectivity index (χ3n) is 3.39. The molecule has 0 fully saturated rings. The van der Waals surface area contributed by atoms with E-state index in [-0.39, 0.29) is 5.69 Å². The summed E-state index contributed by atoms with van der Waals surface area (Å²) < 4.78 is 25.0. The average Bonchev–Trinajstić information content (AvgIpc) is 2.56. The van der Waals surface area contributed by atoms with Gasteiger partial charge < -0.3 is 0 Å². The Labute approximate surface area is 122 Å². The Balaban J connectivity index is 2.07. The van der Waals surface area contributed by atoms with Crippen LogP contribution in [0.15, 0.2) is 78.9 Å². The molecule has 0 heterocycles. The van der Waals surface area contributed by atoms with Crippen LogP contribution >= 0.6 is 0 Å². The molecule has 0 atom stereocenters. The lowest BCUT2D eigenvalue weighted by Crippen LogP contribution is -1.94. The lowest BCUT2D eigenvalue weighted by molar-refractivity contribution is 0.235. The van der Waals surface area contributed by atoms with E-state index in [1.807, 2.05) is 54.6 Å². The molecular formula is C18H13F2N. The standard InChI is InChI=1S/C18H13F2N/c19-21(20)16-12-10-15(11-13-16)18-9-5-4-8-17(18)14-6-2-1-3-7-14/h1-13H. The summed E-state index contributed by atoms with van der Waals surface area (Å²) in [6, 6.07) is 24.2. The monoisotopic (exact) mass is 281 g/mol. The SMILES string of the molecule is FN(F)c1ccc(-c2ccccc2-c2ccccc2)cc1. The van der Waals surface area contributed by atoms with E-state index >= 15 is 0 Å². The summed E-state index contributed by atoms with van der Waals surface area (Å²) in [6.45, 7) is 0. The molecule has 104 valence electrons. The summed E-state index contributed by atoms with van der Waals surface area (Å²) in [4.78, 5) is 0. The van der Waals surface area contributed by atoms with Crippen molar-refractivity contribution in [2.75, 3.05) is 5.34 Å². The lowest BCUT2D eigenvalue weighted by atomic mass is 9.94. The maximum absolute atomic E-state index is 12.5. The summed E-state index contributed by atoms with van der Waals surface area (Å²) in [7, 11) is 0. The number of hydrogen-bond donors (Lipinski definition) is 0. The smallest absolute Gasteiger partial charge is 0.0666 e. The van der Waals surface area contributed by atoms with Crippen LogP contribution in [0.25, 0.3) is 22.3 Å². The Hall–Kier alpha value is -2.68. The minimum Gasteiger partial charge on any atom is -0.0666 e. The second-order valence-corrected chi connectivity index (χ2v) is 4.69. The molecule has 0 unspecified atom stereocenters. The van der Waals surface area contributed by atoms with Crippen molar-refractivity contribution in [3.05, 3.63) is 78.9 Å². The van der Waals surface area contributed by atoms with Crippen LogP contribution in [0.4, 0.5) is 14.6 Å². The summed E-state index contributed by atoms with van der Waals surface area (Å²) in [5.74, 6) is 0. The molecule has 21 heavy (non-hydrogen) atoms. The van der Waals surface area contributed by atoms with Gasteiger partial charge in [-0.15, -0.1) is 0 Å². The highest BCUT2D eigenvalue weighted by Crippen LogP contribution is 2.32. The van der Waals surface area contributed by atoms with Crippen LogP contribution in [0, 0.1) is 0 Å². The minimum absolute atomic E-state index is 0.115. The zero-order valence-corrected chi connectivity index (χ0v) is 11.2. The van der Waals surface area contributed by atoms with Crippen molar-refractivity contribution in [1.82, 2.24) is 0 Å². The second-order valence-electron chi connectivity index (χ2n) is 4.69. The zero-order chi connectivity index (χ0) is 14.7. The van der Waals surface area contributed by atoms with Crippen molar-refractivity contribution in [2.45, 2.75) is 0 Å². The van der Waals surface area contributed by atoms with E-state index in [0.29, 0.717) is 0 Å². The van der Waals surface area contributed by atoms with Crippen molar-refractivity contribution in [3.63, 3.8) is 0 Å². The summed E-state index contributed by atoms with van der Waals surface area (Å²) in [5.41, 5.74) is 4.02. The average molecular weight is 281 g/mol. The Morgan fingerprint density at radius 1 is 0.524 bits per heavy atom. The third kappa shape index (κ3) is 2.77.